The molecule has 1 heterocycles. The monoisotopic (exact) mass is 536 g/mol. The lowest BCUT2D eigenvalue weighted by Crippen LogP contribution is -2.53. The molecule has 3 rings (SSSR count). The molecular formula is C26H44N6O6. The topological polar surface area (TPSA) is 167 Å². The molecular weight excluding hydrogens is 492 g/mol. The first-order valence-corrected chi connectivity index (χ1v) is 14.0. The molecule has 2 atom stereocenters. The summed E-state index contributed by atoms with van der Waals surface area (Å²) >= 11 is 0. The molecule has 0 bridgehead atoms. The van der Waals surface area contributed by atoms with Crippen LogP contribution in [0, 0.1) is 17.2 Å². The van der Waals surface area contributed by atoms with E-state index in [4.69, 9.17) is 20.6 Å². The Morgan fingerprint density at radius 2 is 1.74 bits per heavy atom. The lowest BCUT2D eigenvalue weighted by molar-refractivity contribution is -0.150. The number of piperidine rings is 1. The molecule has 2 saturated carbocycles. The highest BCUT2D eigenvalue weighted by Crippen LogP contribution is 2.28. The molecule has 0 aromatic heterocycles. The van der Waals surface area contributed by atoms with Crippen LogP contribution in [0.2, 0.25) is 0 Å². The van der Waals surface area contributed by atoms with Crippen molar-refractivity contribution in [3.63, 3.8) is 0 Å². The van der Waals surface area contributed by atoms with Gasteiger partial charge in [0.1, 0.15) is 12.6 Å². The maximum atomic E-state index is 13.5. The van der Waals surface area contributed by atoms with E-state index in [9.17, 15) is 19.2 Å². The van der Waals surface area contributed by atoms with Crippen molar-refractivity contribution in [3.8, 4) is 0 Å². The summed E-state index contributed by atoms with van der Waals surface area (Å²) in [7, 11) is 0. The Balaban J connectivity index is 1.59. The minimum absolute atomic E-state index is 0.0180. The van der Waals surface area contributed by atoms with Crippen molar-refractivity contribution in [3.05, 3.63) is 0 Å². The van der Waals surface area contributed by atoms with Gasteiger partial charge in [0.15, 0.2) is 5.96 Å². The molecule has 0 spiro atoms. The number of nitrogens with one attached hydrogen (secondary N) is 3. The minimum atomic E-state index is -1.16. The van der Waals surface area contributed by atoms with E-state index in [0.717, 1.165) is 57.9 Å². The quantitative estimate of drug-likeness (QED) is 0.165. The van der Waals surface area contributed by atoms with Gasteiger partial charge in [0.05, 0.1) is 19.6 Å². The molecule has 0 aromatic carbocycles. The van der Waals surface area contributed by atoms with Crippen molar-refractivity contribution < 1.29 is 28.7 Å². The Hall–Kier alpha value is -3.05. The maximum absolute atomic E-state index is 13.5. The van der Waals surface area contributed by atoms with Crippen LogP contribution < -0.4 is 16.4 Å². The second-order valence-corrected chi connectivity index (χ2v) is 10.6. The fourth-order valence-electron chi connectivity index (χ4n) is 5.22. The first kappa shape index (κ1) is 29.5. The number of guanidine groups is 1. The van der Waals surface area contributed by atoms with Crippen molar-refractivity contribution in [1.29, 1.82) is 5.41 Å². The van der Waals surface area contributed by atoms with Gasteiger partial charge < -0.3 is 35.6 Å². The van der Waals surface area contributed by atoms with Crippen LogP contribution >= 0.6 is 0 Å². The molecule has 12 nitrogen and oxygen atoms in total. The normalized spacial score (nSPS) is 20.7. The van der Waals surface area contributed by atoms with E-state index in [1.54, 1.807) is 11.8 Å². The van der Waals surface area contributed by atoms with Crippen molar-refractivity contribution in [1.82, 2.24) is 20.4 Å². The predicted octanol–water partition coefficient (Wildman–Crippen LogP) is 1.33. The average Bonchev–Trinajstić information content (AvgIpc) is 3.75. The number of esters is 1. The molecule has 0 radical (unpaired) electrons. The molecule has 3 amide bonds. The Morgan fingerprint density at radius 1 is 1.03 bits per heavy atom. The highest BCUT2D eigenvalue weighted by Gasteiger charge is 2.39. The summed E-state index contributed by atoms with van der Waals surface area (Å²) in [6, 6.07) is -1.28. The zero-order valence-electron chi connectivity index (χ0n) is 22.5. The summed E-state index contributed by atoms with van der Waals surface area (Å²) in [6.45, 7) is 3.63. The van der Waals surface area contributed by atoms with Gasteiger partial charge >= 0.3 is 12.1 Å². The minimum Gasteiger partial charge on any atom is -0.465 e. The van der Waals surface area contributed by atoms with Crippen LogP contribution in [-0.4, -0.2) is 91.1 Å². The summed E-state index contributed by atoms with van der Waals surface area (Å²) in [5, 5.41) is 13.1. The van der Waals surface area contributed by atoms with Gasteiger partial charge in [-0.1, -0.05) is 19.3 Å². The molecule has 214 valence electrons. The Morgan fingerprint density at radius 3 is 2.39 bits per heavy atom. The van der Waals surface area contributed by atoms with Gasteiger partial charge in [-0.25, -0.2) is 4.79 Å². The number of alkyl carbamates (subject to hydrolysis) is 1. The van der Waals surface area contributed by atoms with E-state index in [1.165, 1.54) is 11.3 Å². The number of nitrogens with two attached hydrogens (primary N) is 1. The first-order chi connectivity index (χ1) is 18.3. The van der Waals surface area contributed by atoms with Crippen LogP contribution in [0.15, 0.2) is 0 Å². The molecule has 3 fully saturated rings. The fourth-order valence-corrected chi connectivity index (χ4v) is 5.22. The second-order valence-electron chi connectivity index (χ2n) is 10.6. The fraction of sp³-hybridized carbons (Fsp3) is 0.808. The molecule has 1 aliphatic heterocycles. The Kier molecular flexibility index (Phi) is 11.5. The zero-order chi connectivity index (χ0) is 27.5. The number of amides is 3. The highest BCUT2D eigenvalue weighted by atomic mass is 16.5. The number of ether oxygens (including phenoxy) is 2. The maximum Gasteiger partial charge on any atom is 0.407 e. The van der Waals surface area contributed by atoms with Crippen LogP contribution in [0.3, 0.4) is 0 Å². The van der Waals surface area contributed by atoms with E-state index in [2.05, 4.69) is 10.6 Å². The third-order valence-corrected chi connectivity index (χ3v) is 7.48. The number of nitrogens with zero attached hydrogens (tertiary/aromatic N) is 2. The van der Waals surface area contributed by atoms with E-state index in [-0.39, 0.29) is 50.0 Å². The van der Waals surface area contributed by atoms with Crippen LogP contribution in [0.1, 0.15) is 71.1 Å². The molecule has 1 saturated heterocycles. The first-order valence-electron chi connectivity index (χ1n) is 14.0. The van der Waals surface area contributed by atoms with E-state index >= 15 is 0 Å². The number of likely N-dealkylation sites (tertiary alicyclic amines) is 1. The lowest BCUT2D eigenvalue weighted by Gasteiger charge is -2.33. The number of rotatable bonds is 12. The third-order valence-electron chi connectivity index (χ3n) is 7.48. The Labute approximate surface area is 224 Å². The van der Waals surface area contributed by atoms with E-state index in [1.807, 2.05) is 0 Å². The van der Waals surface area contributed by atoms with Crippen LogP contribution in [0.4, 0.5) is 4.79 Å². The largest absolute Gasteiger partial charge is 0.465 e. The molecule has 38 heavy (non-hydrogen) atoms. The van der Waals surface area contributed by atoms with E-state index in [0.29, 0.717) is 19.0 Å². The highest BCUT2D eigenvalue weighted by molar-refractivity contribution is 5.92. The number of carbonyl (C=O) groups excluding carboxylic acids is 4. The van der Waals surface area contributed by atoms with Crippen molar-refractivity contribution in [2.45, 2.75) is 83.2 Å². The Bertz CT molecular complexity index is 844. The summed E-state index contributed by atoms with van der Waals surface area (Å²) in [4.78, 5) is 54.4. The van der Waals surface area contributed by atoms with Gasteiger partial charge in [-0.05, 0) is 57.3 Å². The van der Waals surface area contributed by atoms with E-state index < -0.39 is 24.0 Å². The summed E-state index contributed by atoms with van der Waals surface area (Å²) in [5.74, 6) is -0.948. The number of hydrogen-bond acceptors (Lipinski definition) is 7. The molecule has 2 aliphatic carbocycles. The van der Waals surface area contributed by atoms with Crippen molar-refractivity contribution in [2.75, 3.05) is 39.4 Å². The molecule has 0 aromatic rings. The molecule has 0 unspecified atom stereocenters. The van der Waals surface area contributed by atoms with Crippen LogP contribution in [-0.2, 0) is 23.9 Å². The lowest BCUT2D eigenvalue weighted by atomic mass is 9.90. The SMILES string of the molecule is CCOC(=O)CN(C(=O)[C@H](CC(=O)NC[C@@H]1CCCN(C(=N)N)C1)NC(=O)OCC1CCCCC1)C1CC1. The summed E-state index contributed by atoms with van der Waals surface area (Å²) in [6.07, 6.45) is 7.72. The predicted molar refractivity (Wildman–Crippen MR) is 140 cm³/mol. The summed E-state index contributed by atoms with van der Waals surface area (Å²) < 4.78 is 10.5. The number of hydrogen-bond donors (Lipinski definition) is 4. The van der Waals surface area contributed by atoms with Gasteiger partial charge in [-0.2, -0.15) is 0 Å². The molecule has 5 N–H and O–H groups in total. The average molecular weight is 537 g/mol. The molecule has 3 aliphatic rings. The van der Waals surface area contributed by atoms with Gasteiger partial charge in [0, 0.05) is 25.7 Å². The molecule has 12 heteroatoms. The van der Waals surface area contributed by atoms with Crippen molar-refractivity contribution in [2.24, 2.45) is 17.6 Å². The second kappa shape index (κ2) is 14.8. The zero-order valence-corrected chi connectivity index (χ0v) is 22.5. The van der Waals surface area contributed by atoms with Crippen LogP contribution in [0.5, 0.6) is 0 Å². The number of carbonyl (C=O) groups is 4. The third kappa shape index (κ3) is 9.68. The van der Waals surface area contributed by atoms with Gasteiger partial charge in [0.2, 0.25) is 11.8 Å². The van der Waals surface area contributed by atoms with Crippen LogP contribution in [0.25, 0.3) is 0 Å². The van der Waals surface area contributed by atoms with Gasteiger partial charge in [0.25, 0.3) is 0 Å². The van der Waals surface area contributed by atoms with Gasteiger partial charge in [-0.3, -0.25) is 19.8 Å². The van der Waals surface area contributed by atoms with Gasteiger partial charge in [-0.15, -0.1) is 0 Å². The summed E-state index contributed by atoms with van der Waals surface area (Å²) in [5.41, 5.74) is 5.61. The standard InChI is InChI=1S/C26H44N6O6/c1-2-37-23(34)16-32(20-10-11-20)24(35)21(30-26(36)38-17-18-7-4-3-5-8-18)13-22(33)29-14-19-9-6-12-31(15-19)25(27)28/h18-21H,2-17H2,1H3,(H3,27,28)(H,29,33)(H,30,36)/t19-,21-/m0/s1. The van der Waals surface area contributed by atoms with Crippen molar-refractivity contribution >= 4 is 29.8 Å². The smallest absolute Gasteiger partial charge is 0.407 e.